The highest BCUT2D eigenvalue weighted by Gasteiger charge is 2.29. The van der Waals surface area contributed by atoms with E-state index in [9.17, 15) is 0 Å². The van der Waals surface area contributed by atoms with Gasteiger partial charge in [0.25, 0.3) is 5.78 Å². The summed E-state index contributed by atoms with van der Waals surface area (Å²) in [5, 5.41) is 13.4. The lowest BCUT2D eigenvalue weighted by molar-refractivity contribution is 0.313. The van der Waals surface area contributed by atoms with Crippen LogP contribution in [0.4, 0.5) is 5.82 Å². The maximum absolute atomic E-state index is 9.07. The van der Waals surface area contributed by atoms with E-state index in [1.54, 1.807) is 10.8 Å². The average Bonchev–Trinajstić information content (AvgIpc) is 3.49. The Morgan fingerprint density at radius 1 is 1.07 bits per heavy atom. The average molecular weight is 373 g/mol. The summed E-state index contributed by atoms with van der Waals surface area (Å²) in [6.45, 7) is 4.59. The number of nitriles is 1. The van der Waals surface area contributed by atoms with Gasteiger partial charge in [0.05, 0.1) is 17.3 Å². The zero-order valence-electron chi connectivity index (χ0n) is 15.8. The van der Waals surface area contributed by atoms with Crippen molar-refractivity contribution in [2.45, 2.75) is 31.7 Å². The van der Waals surface area contributed by atoms with Gasteiger partial charge in [0, 0.05) is 30.8 Å². The molecule has 2 aliphatic heterocycles. The van der Waals surface area contributed by atoms with E-state index in [-0.39, 0.29) is 0 Å². The second-order valence-electron chi connectivity index (χ2n) is 7.66. The normalized spacial score (nSPS) is 20.1. The third-order valence-corrected chi connectivity index (χ3v) is 5.89. The predicted octanol–water partition coefficient (Wildman–Crippen LogP) is 2.73. The number of rotatable bonds is 4. The minimum atomic E-state index is 0.504. The van der Waals surface area contributed by atoms with E-state index < -0.39 is 0 Å². The van der Waals surface area contributed by atoms with Gasteiger partial charge in [0.15, 0.2) is 0 Å². The van der Waals surface area contributed by atoms with Gasteiger partial charge in [-0.25, -0.2) is 0 Å². The Bertz CT molecular complexity index is 1010. The Morgan fingerprint density at radius 3 is 2.68 bits per heavy atom. The number of nitrogens with zero attached hydrogens (tertiary/aromatic N) is 7. The smallest absolute Gasteiger partial charge is 0.254 e. The Hall–Kier alpha value is -2.98. The fourth-order valence-corrected chi connectivity index (χ4v) is 4.46. The first-order chi connectivity index (χ1) is 13.8. The van der Waals surface area contributed by atoms with Gasteiger partial charge in [-0.05, 0) is 50.9 Å². The standard InChI is InChI=1S/C21H23N7/c22-13-16-5-7-17(8-6-16)19-12-20(25-21-23-15-24-28(19)21)27-11-3-4-18(27)14-26-9-1-2-10-26/h5-8,12,15,18H,1-4,9-11,14H2/t18-/m0/s1. The van der Waals surface area contributed by atoms with Crippen molar-refractivity contribution >= 4 is 11.6 Å². The SMILES string of the molecule is N#Cc1ccc(-c2cc(N3CCC[C@H]3CN3CCCC3)nc3ncnn23)cc1. The van der Waals surface area contributed by atoms with Crippen molar-refractivity contribution in [1.29, 1.82) is 5.26 Å². The summed E-state index contributed by atoms with van der Waals surface area (Å²) in [5.41, 5.74) is 2.61. The van der Waals surface area contributed by atoms with Crippen LogP contribution in [0.25, 0.3) is 17.0 Å². The van der Waals surface area contributed by atoms with E-state index in [1.165, 1.54) is 38.8 Å². The molecule has 0 aliphatic carbocycles. The maximum atomic E-state index is 9.07. The first kappa shape index (κ1) is 17.1. The molecule has 0 unspecified atom stereocenters. The molecule has 2 aromatic heterocycles. The van der Waals surface area contributed by atoms with Crippen LogP contribution in [-0.4, -0.2) is 56.7 Å². The molecule has 3 aromatic rings. The summed E-state index contributed by atoms with van der Waals surface area (Å²) < 4.78 is 1.77. The highest BCUT2D eigenvalue weighted by molar-refractivity contribution is 5.67. The number of aromatic nitrogens is 4. The molecule has 0 N–H and O–H groups in total. The number of benzene rings is 1. The van der Waals surface area contributed by atoms with Crippen molar-refractivity contribution in [3.05, 3.63) is 42.2 Å². The van der Waals surface area contributed by atoms with Gasteiger partial charge >= 0.3 is 0 Å². The van der Waals surface area contributed by atoms with Crippen molar-refractivity contribution in [3.8, 4) is 17.3 Å². The van der Waals surface area contributed by atoms with Crippen molar-refractivity contribution in [2.24, 2.45) is 0 Å². The van der Waals surface area contributed by atoms with Crippen LogP contribution in [0.1, 0.15) is 31.2 Å². The molecule has 1 aromatic carbocycles. The number of fused-ring (bicyclic) bond motifs is 1. The third-order valence-electron chi connectivity index (χ3n) is 5.89. The van der Waals surface area contributed by atoms with Gasteiger partial charge in [-0.15, -0.1) is 0 Å². The Labute approximate surface area is 164 Å². The molecular weight excluding hydrogens is 350 g/mol. The molecule has 0 radical (unpaired) electrons. The van der Waals surface area contributed by atoms with Crippen molar-refractivity contribution < 1.29 is 0 Å². The molecule has 2 fully saturated rings. The molecule has 28 heavy (non-hydrogen) atoms. The molecule has 0 saturated carbocycles. The predicted molar refractivity (Wildman–Crippen MR) is 107 cm³/mol. The second-order valence-corrected chi connectivity index (χ2v) is 7.66. The lowest BCUT2D eigenvalue weighted by Gasteiger charge is -2.29. The van der Waals surface area contributed by atoms with Gasteiger partial charge < -0.3 is 9.80 Å². The summed E-state index contributed by atoms with van der Waals surface area (Å²) >= 11 is 0. The van der Waals surface area contributed by atoms with E-state index in [0.717, 1.165) is 30.2 Å². The summed E-state index contributed by atoms with van der Waals surface area (Å²) in [4.78, 5) is 14.2. The lowest BCUT2D eigenvalue weighted by atomic mass is 10.1. The van der Waals surface area contributed by atoms with Crippen LogP contribution >= 0.6 is 0 Å². The first-order valence-electron chi connectivity index (χ1n) is 10.0. The fraction of sp³-hybridized carbons (Fsp3) is 0.429. The Morgan fingerprint density at radius 2 is 1.89 bits per heavy atom. The maximum Gasteiger partial charge on any atom is 0.254 e. The topological polar surface area (TPSA) is 73.3 Å². The molecule has 0 amide bonds. The second kappa shape index (κ2) is 7.21. The van der Waals surface area contributed by atoms with E-state index in [4.69, 9.17) is 10.2 Å². The molecular formula is C21H23N7. The number of hydrogen-bond donors (Lipinski definition) is 0. The summed E-state index contributed by atoms with van der Waals surface area (Å²) in [6.07, 6.45) is 6.59. The van der Waals surface area contributed by atoms with Crippen LogP contribution in [0.5, 0.6) is 0 Å². The van der Waals surface area contributed by atoms with Crippen LogP contribution in [0, 0.1) is 11.3 Å². The first-order valence-corrected chi connectivity index (χ1v) is 10.0. The molecule has 7 heteroatoms. The van der Waals surface area contributed by atoms with E-state index in [1.807, 2.05) is 24.3 Å². The van der Waals surface area contributed by atoms with Crippen LogP contribution < -0.4 is 4.90 Å². The molecule has 142 valence electrons. The zero-order valence-corrected chi connectivity index (χ0v) is 15.8. The minimum Gasteiger partial charge on any atom is -0.352 e. The van der Waals surface area contributed by atoms with Gasteiger partial charge in [0.1, 0.15) is 12.1 Å². The molecule has 1 atom stereocenters. The van der Waals surface area contributed by atoms with Crippen LogP contribution in [0.3, 0.4) is 0 Å². The molecule has 7 nitrogen and oxygen atoms in total. The van der Waals surface area contributed by atoms with Crippen LogP contribution in [0.15, 0.2) is 36.7 Å². The number of hydrogen-bond acceptors (Lipinski definition) is 6. The summed E-state index contributed by atoms with van der Waals surface area (Å²) in [5.74, 6) is 1.59. The van der Waals surface area contributed by atoms with Crippen LogP contribution in [-0.2, 0) is 0 Å². The van der Waals surface area contributed by atoms with Crippen molar-refractivity contribution in [1.82, 2.24) is 24.5 Å². The molecule has 0 bridgehead atoms. The monoisotopic (exact) mass is 373 g/mol. The molecule has 2 saturated heterocycles. The summed E-state index contributed by atoms with van der Waals surface area (Å²) in [6, 6.07) is 12.4. The summed E-state index contributed by atoms with van der Waals surface area (Å²) in [7, 11) is 0. The fourth-order valence-electron chi connectivity index (χ4n) is 4.46. The molecule has 5 rings (SSSR count). The van der Waals surface area contributed by atoms with Gasteiger partial charge in [-0.2, -0.15) is 24.8 Å². The van der Waals surface area contributed by atoms with E-state index in [0.29, 0.717) is 17.4 Å². The highest BCUT2D eigenvalue weighted by Crippen LogP contribution is 2.29. The Kier molecular flexibility index (Phi) is 4.41. The van der Waals surface area contributed by atoms with Crippen LogP contribution in [0.2, 0.25) is 0 Å². The van der Waals surface area contributed by atoms with Gasteiger partial charge in [0.2, 0.25) is 0 Å². The van der Waals surface area contributed by atoms with Crippen molar-refractivity contribution in [3.63, 3.8) is 0 Å². The zero-order chi connectivity index (χ0) is 18.9. The molecule has 4 heterocycles. The highest BCUT2D eigenvalue weighted by atomic mass is 15.3. The quantitative estimate of drug-likeness (QED) is 0.700. The number of anilines is 1. The van der Waals surface area contributed by atoms with E-state index in [2.05, 4.69) is 32.0 Å². The molecule has 2 aliphatic rings. The van der Waals surface area contributed by atoms with E-state index >= 15 is 0 Å². The largest absolute Gasteiger partial charge is 0.352 e. The van der Waals surface area contributed by atoms with Gasteiger partial charge in [-0.1, -0.05) is 12.1 Å². The van der Waals surface area contributed by atoms with Crippen molar-refractivity contribution in [2.75, 3.05) is 31.1 Å². The van der Waals surface area contributed by atoms with Gasteiger partial charge in [-0.3, -0.25) is 0 Å². The minimum absolute atomic E-state index is 0.504. The Balaban J connectivity index is 1.51. The number of likely N-dealkylation sites (tertiary alicyclic amines) is 1. The molecule has 0 spiro atoms. The lowest BCUT2D eigenvalue weighted by Crippen LogP contribution is -2.39. The third kappa shape index (κ3) is 3.10.